The summed E-state index contributed by atoms with van der Waals surface area (Å²) in [7, 11) is 0. The first-order valence-corrected chi connectivity index (χ1v) is 13.0. The van der Waals surface area contributed by atoms with Crippen LogP contribution in [0, 0.1) is 18.6 Å². The summed E-state index contributed by atoms with van der Waals surface area (Å²) in [4.78, 5) is 28.7. The number of hydrogen-bond acceptors (Lipinski definition) is 7. The normalized spacial score (nSPS) is 16.7. The highest BCUT2D eigenvalue weighted by Crippen LogP contribution is 2.38. The largest absolute Gasteiger partial charge is 0.489 e. The van der Waals surface area contributed by atoms with Crippen LogP contribution < -0.4 is 15.0 Å². The second-order valence-corrected chi connectivity index (χ2v) is 10.3. The van der Waals surface area contributed by atoms with E-state index in [-0.39, 0.29) is 35.1 Å². The van der Waals surface area contributed by atoms with Gasteiger partial charge in [0.25, 0.3) is 0 Å². The Labute approximate surface area is 224 Å². The minimum Gasteiger partial charge on any atom is -0.489 e. The lowest BCUT2D eigenvalue weighted by Crippen LogP contribution is -2.58. The number of fused-ring (bicyclic) bond motifs is 4. The van der Waals surface area contributed by atoms with Crippen molar-refractivity contribution < 1.29 is 18.3 Å². The molecule has 2 aromatic carbocycles. The molecule has 1 amide bonds. The number of amides is 1. The molecule has 1 atom stereocenters. The smallest absolute Gasteiger partial charge is 0.227 e. The topological polar surface area (TPSA) is 88.4 Å². The molecular formula is C28H29F2N7O2. The maximum Gasteiger partial charge on any atom is 0.227 e. The van der Waals surface area contributed by atoms with Gasteiger partial charge in [0.15, 0.2) is 11.6 Å². The van der Waals surface area contributed by atoms with Crippen molar-refractivity contribution in [1.82, 2.24) is 24.4 Å². The molecule has 1 N–H and O–H groups in total. The maximum atomic E-state index is 15.0. The number of ether oxygens (including phenoxy) is 1. The molecule has 0 radical (unpaired) electrons. The number of nitrogens with zero attached hydrogens (tertiary/aromatic N) is 6. The molecule has 1 fully saturated rings. The van der Waals surface area contributed by atoms with E-state index in [0.29, 0.717) is 48.0 Å². The fourth-order valence-electron chi connectivity index (χ4n) is 5.55. The van der Waals surface area contributed by atoms with Gasteiger partial charge in [-0.05, 0) is 45.0 Å². The molecule has 2 aromatic heterocycles. The number of carbonyl (C=O) groups excluding carboxylic acids is 1. The minimum absolute atomic E-state index is 0.0112. The number of anilines is 3. The lowest BCUT2D eigenvalue weighted by Gasteiger charge is -2.45. The molecule has 11 heteroatoms. The lowest BCUT2D eigenvalue weighted by atomic mass is 10.1. The summed E-state index contributed by atoms with van der Waals surface area (Å²) in [5.41, 5.74) is 2.75. The summed E-state index contributed by atoms with van der Waals surface area (Å²) in [6.07, 6.45) is 1.08. The number of carbonyl (C=O) groups is 1. The molecular weight excluding hydrogens is 504 g/mol. The maximum absolute atomic E-state index is 15.0. The third-order valence-corrected chi connectivity index (χ3v) is 7.34. The minimum atomic E-state index is -0.656. The van der Waals surface area contributed by atoms with E-state index in [1.807, 2.05) is 48.4 Å². The van der Waals surface area contributed by atoms with Gasteiger partial charge in [0.05, 0.1) is 23.4 Å². The SMILES string of the molecule is CC(=O)N1CCN2c3ccc(Nc4ncc(F)c(-c5cc(F)c6nc(C)n(C(C)C)c6c5)n4)cc3OCC2C1. The first-order valence-electron chi connectivity index (χ1n) is 13.0. The Morgan fingerprint density at radius 1 is 1.13 bits per heavy atom. The van der Waals surface area contributed by atoms with Gasteiger partial charge in [-0.3, -0.25) is 4.79 Å². The molecule has 2 aliphatic heterocycles. The van der Waals surface area contributed by atoms with E-state index in [1.165, 1.54) is 6.07 Å². The highest BCUT2D eigenvalue weighted by Gasteiger charge is 2.33. The predicted molar refractivity (Wildman–Crippen MR) is 144 cm³/mol. The van der Waals surface area contributed by atoms with Crippen LogP contribution in [-0.2, 0) is 4.79 Å². The van der Waals surface area contributed by atoms with Gasteiger partial charge in [0.2, 0.25) is 11.9 Å². The number of piperazine rings is 1. The number of nitrogens with one attached hydrogen (secondary N) is 1. The number of aryl methyl sites for hydroxylation is 1. The molecule has 0 saturated carbocycles. The van der Waals surface area contributed by atoms with E-state index in [0.717, 1.165) is 18.4 Å². The molecule has 1 saturated heterocycles. The molecule has 4 aromatic rings. The van der Waals surface area contributed by atoms with Crippen LogP contribution in [0.5, 0.6) is 5.75 Å². The summed E-state index contributed by atoms with van der Waals surface area (Å²) < 4.78 is 37.9. The Morgan fingerprint density at radius 3 is 2.72 bits per heavy atom. The highest BCUT2D eigenvalue weighted by molar-refractivity contribution is 5.83. The van der Waals surface area contributed by atoms with Gasteiger partial charge in [-0.15, -0.1) is 0 Å². The highest BCUT2D eigenvalue weighted by atomic mass is 19.1. The van der Waals surface area contributed by atoms with E-state index < -0.39 is 11.6 Å². The predicted octanol–water partition coefficient (Wildman–Crippen LogP) is 4.83. The van der Waals surface area contributed by atoms with Gasteiger partial charge in [-0.25, -0.2) is 23.7 Å². The van der Waals surface area contributed by atoms with E-state index in [1.54, 1.807) is 13.0 Å². The van der Waals surface area contributed by atoms with Crippen molar-refractivity contribution in [3.63, 3.8) is 0 Å². The fourth-order valence-corrected chi connectivity index (χ4v) is 5.55. The zero-order valence-electron chi connectivity index (χ0n) is 22.2. The second kappa shape index (κ2) is 9.48. The van der Waals surface area contributed by atoms with Crippen LogP contribution in [0.25, 0.3) is 22.3 Å². The number of imidazole rings is 1. The first-order chi connectivity index (χ1) is 18.7. The molecule has 2 aliphatic rings. The van der Waals surface area contributed by atoms with Crippen molar-refractivity contribution in [3.8, 4) is 17.0 Å². The van der Waals surface area contributed by atoms with Crippen LogP contribution in [-0.4, -0.2) is 62.6 Å². The van der Waals surface area contributed by atoms with Gasteiger partial charge < -0.3 is 24.4 Å². The van der Waals surface area contributed by atoms with Crippen molar-refractivity contribution in [2.75, 3.05) is 36.5 Å². The summed E-state index contributed by atoms with van der Waals surface area (Å²) in [6, 6.07) is 8.81. The van der Waals surface area contributed by atoms with E-state index in [9.17, 15) is 9.18 Å². The monoisotopic (exact) mass is 533 g/mol. The number of hydrogen-bond donors (Lipinski definition) is 1. The third-order valence-electron chi connectivity index (χ3n) is 7.34. The number of benzene rings is 2. The average molecular weight is 534 g/mol. The Balaban J connectivity index is 1.28. The summed E-state index contributed by atoms with van der Waals surface area (Å²) >= 11 is 0. The van der Waals surface area contributed by atoms with Crippen molar-refractivity contribution in [1.29, 1.82) is 0 Å². The quantitative estimate of drug-likeness (QED) is 0.402. The van der Waals surface area contributed by atoms with Crippen LogP contribution in [0.3, 0.4) is 0 Å². The molecule has 9 nitrogen and oxygen atoms in total. The number of halogens is 2. The van der Waals surface area contributed by atoms with E-state index >= 15 is 4.39 Å². The fraction of sp³-hybridized carbons (Fsp3) is 0.357. The molecule has 39 heavy (non-hydrogen) atoms. The van der Waals surface area contributed by atoms with Crippen LogP contribution in [0.15, 0.2) is 36.5 Å². The average Bonchev–Trinajstić information content (AvgIpc) is 3.25. The zero-order chi connectivity index (χ0) is 27.4. The summed E-state index contributed by atoms with van der Waals surface area (Å²) in [5.74, 6) is 0.442. The Bertz CT molecular complexity index is 1600. The van der Waals surface area contributed by atoms with Crippen molar-refractivity contribution >= 4 is 34.3 Å². The van der Waals surface area contributed by atoms with Crippen LogP contribution in [0.1, 0.15) is 32.6 Å². The van der Waals surface area contributed by atoms with Gasteiger partial charge in [0.1, 0.15) is 29.4 Å². The Kier molecular flexibility index (Phi) is 6.08. The van der Waals surface area contributed by atoms with Gasteiger partial charge in [0, 0.05) is 49.9 Å². The lowest BCUT2D eigenvalue weighted by molar-refractivity contribution is -0.129. The van der Waals surface area contributed by atoms with Gasteiger partial charge in [-0.2, -0.15) is 0 Å². The molecule has 6 rings (SSSR count). The molecule has 4 heterocycles. The molecule has 1 unspecified atom stereocenters. The van der Waals surface area contributed by atoms with Crippen molar-refractivity contribution in [2.24, 2.45) is 0 Å². The van der Waals surface area contributed by atoms with Crippen molar-refractivity contribution in [3.05, 3.63) is 54.0 Å². The van der Waals surface area contributed by atoms with Crippen molar-refractivity contribution in [2.45, 2.75) is 39.8 Å². The molecule has 202 valence electrons. The first kappa shape index (κ1) is 25.0. The van der Waals surface area contributed by atoms with Crippen LogP contribution in [0.4, 0.5) is 26.1 Å². The molecule has 0 aliphatic carbocycles. The molecule has 0 bridgehead atoms. The van der Waals surface area contributed by atoms with E-state index in [4.69, 9.17) is 4.74 Å². The second-order valence-electron chi connectivity index (χ2n) is 10.3. The van der Waals surface area contributed by atoms with Gasteiger partial charge in [-0.1, -0.05) is 0 Å². The summed E-state index contributed by atoms with van der Waals surface area (Å²) in [6.45, 7) is 9.88. The summed E-state index contributed by atoms with van der Waals surface area (Å²) in [5, 5.41) is 3.12. The Morgan fingerprint density at radius 2 is 1.95 bits per heavy atom. The van der Waals surface area contributed by atoms with Gasteiger partial charge >= 0.3 is 0 Å². The zero-order valence-corrected chi connectivity index (χ0v) is 22.2. The van der Waals surface area contributed by atoms with Crippen LogP contribution in [0.2, 0.25) is 0 Å². The van der Waals surface area contributed by atoms with E-state index in [2.05, 4.69) is 25.2 Å². The third kappa shape index (κ3) is 4.41. The standard InChI is InChI=1S/C28H29F2N7O2/c1-15(2)37-16(3)32-27-21(29)9-18(10-24(27)37)26-22(30)12-31-28(34-26)33-19-5-6-23-25(11-19)39-14-20-13-35(17(4)38)7-8-36(20)23/h5-6,9-12,15,20H,7-8,13-14H2,1-4H3,(H,31,33,34). The Hall–Kier alpha value is -4.28. The number of aromatic nitrogens is 4. The molecule has 0 spiro atoms. The van der Waals surface area contributed by atoms with Crippen LogP contribution >= 0.6 is 0 Å². The number of rotatable bonds is 4.